The van der Waals surface area contributed by atoms with E-state index in [1.165, 1.54) is 0 Å². The zero-order valence-corrected chi connectivity index (χ0v) is 19.7. The Kier molecular flexibility index (Phi) is 9.72. The van der Waals surface area contributed by atoms with Gasteiger partial charge in [-0.1, -0.05) is 24.3 Å². The fourth-order valence-electron chi connectivity index (χ4n) is 3.11. The van der Waals surface area contributed by atoms with Gasteiger partial charge in [-0.15, -0.1) is 11.8 Å². The van der Waals surface area contributed by atoms with Gasteiger partial charge >= 0.3 is 0 Å². The number of hydrogen-bond donors (Lipinski definition) is 2. The molecule has 0 aromatic heterocycles. The maximum absolute atomic E-state index is 12.4. The van der Waals surface area contributed by atoms with E-state index in [0.29, 0.717) is 30.9 Å². The van der Waals surface area contributed by atoms with E-state index < -0.39 is 0 Å². The van der Waals surface area contributed by atoms with Gasteiger partial charge in [0.05, 0.1) is 19.5 Å². The molecule has 0 saturated heterocycles. The molecule has 6 nitrogen and oxygen atoms in total. The lowest BCUT2D eigenvalue weighted by atomic mass is 10.1. The molecular weight excluding hydrogens is 412 g/mol. The molecule has 0 aliphatic heterocycles. The van der Waals surface area contributed by atoms with Crippen molar-refractivity contribution in [1.82, 2.24) is 5.32 Å². The van der Waals surface area contributed by atoms with E-state index in [-0.39, 0.29) is 17.1 Å². The summed E-state index contributed by atoms with van der Waals surface area (Å²) in [5, 5.41) is 5.75. The normalized spacial score (nSPS) is 11.5. The van der Waals surface area contributed by atoms with Crippen LogP contribution in [-0.2, 0) is 16.1 Å². The summed E-state index contributed by atoms with van der Waals surface area (Å²) in [6, 6.07) is 11.5. The number of hydrogen-bond acceptors (Lipinski definition) is 5. The van der Waals surface area contributed by atoms with Gasteiger partial charge in [0.1, 0.15) is 0 Å². The first kappa shape index (κ1) is 24.6. The van der Waals surface area contributed by atoms with Crippen LogP contribution in [0.3, 0.4) is 0 Å². The Balaban J connectivity index is 1.70. The maximum Gasteiger partial charge on any atom is 0.233 e. The van der Waals surface area contributed by atoms with Crippen LogP contribution in [0, 0.1) is 13.8 Å². The van der Waals surface area contributed by atoms with E-state index in [1.807, 2.05) is 57.2 Å². The highest BCUT2D eigenvalue weighted by Crippen LogP contribution is 2.27. The Morgan fingerprint density at radius 1 is 1.03 bits per heavy atom. The van der Waals surface area contributed by atoms with Crippen molar-refractivity contribution in [2.75, 3.05) is 25.3 Å². The molecule has 2 rings (SSSR count). The molecule has 168 valence electrons. The van der Waals surface area contributed by atoms with Gasteiger partial charge in [0.2, 0.25) is 11.8 Å². The summed E-state index contributed by atoms with van der Waals surface area (Å²) >= 11 is 1.55. The highest BCUT2D eigenvalue weighted by molar-refractivity contribution is 8.00. The van der Waals surface area contributed by atoms with Crippen LogP contribution >= 0.6 is 11.8 Å². The van der Waals surface area contributed by atoms with Crippen LogP contribution in [0.4, 0.5) is 5.69 Å². The summed E-state index contributed by atoms with van der Waals surface area (Å²) in [6.07, 6.45) is 1.15. The van der Waals surface area contributed by atoms with Crippen molar-refractivity contribution in [3.63, 3.8) is 0 Å². The Morgan fingerprint density at radius 2 is 1.71 bits per heavy atom. The average molecular weight is 445 g/mol. The van der Waals surface area contributed by atoms with Gasteiger partial charge < -0.3 is 20.1 Å². The molecule has 0 aliphatic carbocycles. The predicted octanol–water partition coefficient (Wildman–Crippen LogP) is 4.48. The second kappa shape index (κ2) is 12.2. The first-order chi connectivity index (χ1) is 14.8. The Morgan fingerprint density at radius 3 is 2.35 bits per heavy atom. The van der Waals surface area contributed by atoms with Crippen molar-refractivity contribution in [1.29, 1.82) is 0 Å². The lowest BCUT2D eigenvalue weighted by molar-refractivity contribution is -0.120. The quantitative estimate of drug-likeness (QED) is 0.500. The summed E-state index contributed by atoms with van der Waals surface area (Å²) in [5.41, 5.74) is 3.94. The lowest BCUT2D eigenvalue weighted by Crippen LogP contribution is -2.30. The highest BCUT2D eigenvalue weighted by Gasteiger charge is 2.14. The smallest absolute Gasteiger partial charge is 0.233 e. The van der Waals surface area contributed by atoms with Crippen LogP contribution in [0.2, 0.25) is 0 Å². The predicted molar refractivity (Wildman–Crippen MR) is 127 cm³/mol. The number of nitrogens with one attached hydrogen (secondary N) is 2. The maximum atomic E-state index is 12.4. The second-order valence-electron chi connectivity index (χ2n) is 7.34. The van der Waals surface area contributed by atoms with Crippen molar-refractivity contribution in [2.24, 2.45) is 0 Å². The average Bonchev–Trinajstić information content (AvgIpc) is 2.77. The van der Waals surface area contributed by atoms with Crippen molar-refractivity contribution < 1.29 is 19.1 Å². The minimum absolute atomic E-state index is 0.00329. The van der Waals surface area contributed by atoms with Crippen LogP contribution in [0.25, 0.3) is 0 Å². The number of rotatable bonds is 11. The van der Waals surface area contributed by atoms with Gasteiger partial charge in [0.15, 0.2) is 11.5 Å². The first-order valence-electron chi connectivity index (χ1n) is 10.3. The highest BCUT2D eigenvalue weighted by atomic mass is 32.2. The number of aryl methyl sites for hydroxylation is 2. The lowest BCUT2D eigenvalue weighted by Gasteiger charge is -2.14. The van der Waals surface area contributed by atoms with Crippen LogP contribution in [-0.4, -0.2) is 37.0 Å². The van der Waals surface area contributed by atoms with Crippen molar-refractivity contribution >= 4 is 29.3 Å². The Hall–Kier alpha value is -2.67. The fraction of sp³-hybridized carbons (Fsp3) is 0.417. The van der Waals surface area contributed by atoms with Gasteiger partial charge in [-0.3, -0.25) is 9.59 Å². The topological polar surface area (TPSA) is 76.7 Å². The van der Waals surface area contributed by atoms with E-state index >= 15 is 0 Å². The number of carbonyl (C=O) groups excluding carboxylic acids is 2. The van der Waals surface area contributed by atoms with Crippen LogP contribution in [0.1, 0.15) is 36.5 Å². The third-order valence-electron chi connectivity index (χ3n) is 4.95. The molecule has 2 N–H and O–H groups in total. The summed E-state index contributed by atoms with van der Waals surface area (Å²) in [5.74, 6) is 2.01. The molecule has 0 spiro atoms. The zero-order valence-electron chi connectivity index (χ0n) is 18.9. The van der Waals surface area contributed by atoms with Crippen LogP contribution in [0.15, 0.2) is 36.4 Å². The molecule has 0 heterocycles. The molecule has 2 amide bonds. The first-order valence-corrected chi connectivity index (χ1v) is 11.4. The molecule has 0 bridgehead atoms. The number of anilines is 1. The van der Waals surface area contributed by atoms with E-state index in [1.54, 1.807) is 26.0 Å². The molecule has 0 fully saturated rings. The third-order valence-corrected chi connectivity index (χ3v) is 6.18. The van der Waals surface area contributed by atoms with Gasteiger partial charge in [-0.25, -0.2) is 0 Å². The molecule has 7 heteroatoms. The number of thioether (sulfide) groups is 1. The summed E-state index contributed by atoms with van der Waals surface area (Å²) in [6.45, 7) is 6.27. The fourth-order valence-corrected chi connectivity index (χ4v) is 4.00. The molecule has 0 radical (unpaired) electrons. The second-order valence-corrected chi connectivity index (χ2v) is 8.79. The molecule has 1 atom stereocenters. The molecule has 31 heavy (non-hydrogen) atoms. The van der Waals surface area contributed by atoms with E-state index in [9.17, 15) is 9.59 Å². The third kappa shape index (κ3) is 7.51. The van der Waals surface area contributed by atoms with Gasteiger partial charge in [-0.2, -0.15) is 0 Å². The number of benzene rings is 2. The zero-order chi connectivity index (χ0) is 22.8. The minimum atomic E-state index is -0.193. The minimum Gasteiger partial charge on any atom is -0.493 e. The van der Waals surface area contributed by atoms with Gasteiger partial charge in [0, 0.05) is 18.7 Å². The van der Waals surface area contributed by atoms with Gasteiger partial charge in [-0.05, 0) is 61.8 Å². The molecule has 0 aliphatic rings. The summed E-state index contributed by atoms with van der Waals surface area (Å²) < 4.78 is 10.5. The molecule has 2 aromatic rings. The van der Waals surface area contributed by atoms with E-state index in [2.05, 4.69) is 10.6 Å². The van der Waals surface area contributed by atoms with Gasteiger partial charge in [0.25, 0.3) is 0 Å². The summed E-state index contributed by atoms with van der Waals surface area (Å²) in [7, 11) is 3.17. The number of carbonyl (C=O) groups is 2. The van der Waals surface area contributed by atoms with Crippen molar-refractivity contribution in [3.05, 3.63) is 53.1 Å². The molecule has 1 unspecified atom stereocenters. The van der Waals surface area contributed by atoms with E-state index in [0.717, 1.165) is 28.1 Å². The Labute approximate surface area is 189 Å². The SMILES string of the molecule is COc1ccc(CNC(=O)C(C)SCCCC(=O)Nc2c(C)cccc2C)cc1OC. The summed E-state index contributed by atoms with van der Waals surface area (Å²) in [4.78, 5) is 24.6. The number of para-hydroxylation sites is 1. The molecular formula is C24H32N2O4S. The van der Waals surface area contributed by atoms with E-state index in [4.69, 9.17) is 9.47 Å². The number of ether oxygens (including phenoxy) is 2. The van der Waals surface area contributed by atoms with Crippen LogP contribution in [0.5, 0.6) is 11.5 Å². The molecule has 0 saturated carbocycles. The molecule has 2 aromatic carbocycles. The van der Waals surface area contributed by atoms with Crippen molar-refractivity contribution in [3.8, 4) is 11.5 Å². The largest absolute Gasteiger partial charge is 0.493 e. The number of methoxy groups -OCH3 is 2. The standard InChI is InChI=1S/C24H32N2O4S/c1-16-8-6-9-17(2)23(16)26-22(27)10-7-13-31-18(3)24(28)25-15-19-11-12-20(29-4)21(14-19)30-5/h6,8-9,11-12,14,18H,7,10,13,15H2,1-5H3,(H,25,28)(H,26,27). The van der Waals surface area contributed by atoms with Crippen LogP contribution < -0.4 is 20.1 Å². The van der Waals surface area contributed by atoms with Crippen molar-refractivity contribution in [2.45, 2.75) is 45.4 Å². The Bertz CT molecular complexity index is 881. The number of amides is 2. The monoisotopic (exact) mass is 444 g/mol.